The van der Waals surface area contributed by atoms with Crippen LogP contribution in [0.4, 0.5) is 0 Å². The van der Waals surface area contributed by atoms with Crippen LogP contribution in [-0.4, -0.2) is 30.7 Å². The van der Waals surface area contributed by atoms with Crippen molar-refractivity contribution in [2.75, 3.05) is 19.7 Å². The molecule has 130 valence electrons. The summed E-state index contributed by atoms with van der Waals surface area (Å²) in [5.74, 6) is 1.76. The minimum Gasteiger partial charge on any atom is -0.508 e. The Hall–Kier alpha value is -2.53. The molecule has 0 saturated carbocycles. The number of amides is 1. The number of hydrogen-bond donors (Lipinski definition) is 3. The Kier molecular flexibility index (Phi) is 4.32. The number of carbonyl (C=O) groups excluding carboxylic acids is 1. The van der Waals surface area contributed by atoms with Crippen LogP contribution >= 0.6 is 0 Å². The molecule has 2 aliphatic rings. The first-order valence-electron chi connectivity index (χ1n) is 8.74. The van der Waals surface area contributed by atoms with Gasteiger partial charge in [-0.2, -0.15) is 0 Å². The van der Waals surface area contributed by atoms with Crippen LogP contribution in [0.3, 0.4) is 0 Å². The summed E-state index contributed by atoms with van der Waals surface area (Å²) in [7, 11) is 0. The van der Waals surface area contributed by atoms with E-state index in [4.69, 9.17) is 4.74 Å². The number of aromatic hydroxyl groups is 1. The fourth-order valence-electron chi connectivity index (χ4n) is 3.74. The van der Waals surface area contributed by atoms with Gasteiger partial charge in [-0.05, 0) is 54.3 Å². The van der Waals surface area contributed by atoms with Crippen molar-refractivity contribution in [3.63, 3.8) is 0 Å². The summed E-state index contributed by atoms with van der Waals surface area (Å²) in [5, 5.41) is 15.8. The third-order valence-electron chi connectivity index (χ3n) is 5.16. The summed E-state index contributed by atoms with van der Waals surface area (Å²) in [5.41, 5.74) is 2.98. The molecule has 3 N–H and O–H groups in total. The van der Waals surface area contributed by atoms with Crippen LogP contribution in [0, 0.1) is 5.92 Å². The van der Waals surface area contributed by atoms with E-state index >= 15 is 0 Å². The highest BCUT2D eigenvalue weighted by molar-refractivity contribution is 5.98. The van der Waals surface area contributed by atoms with Crippen molar-refractivity contribution < 1.29 is 14.6 Å². The normalized spacial score (nSPS) is 22.3. The first-order valence-corrected chi connectivity index (χ1v) is 8.74. The van der Waals surface area contributed by atoms with Crippen molar-refractivity contribution in [1.82, 2.24) is 10.6 Å². The highest BCUT2D eigenvalue weighted by atomic mass is 16.5. The minimum absolute atomic E-state index is 0.0262. The molecule has 2 aromatic carbocycles. The predicted molar refractivity (Wildman–Crippen MR) is 94.9 cm³/mol. The fourth-order valence-corrected chi connectivity index (χ4v) is 3.74. The molecule has 5 heteroatoms. The average molecular weight is 338 g/mol. The van der Waals surface area contributed by atoms with E-state index in [-0.39, 0.29) is 5.91 Å². The quantitative estimate of drug-likeness (QED) is 0.801. The topological polar surface area (TPSA) is 70.6 Å². The van der Waals surface area contributed by atoms with Crippen LogP contribution < -0.4 is 15.4 Å². The van der Waals surface area contributed by atoms with Crippen molar-refractivity contribution in [2.24, 2.45) is 5.92 Å². The van der Waals surface area contributed by atoms with E-state index in [0.29, 0.717) is 36.3 Å². The Bertz CT molecular complexity index is 773. The lowest BCUT2D eigenvalue weighted by atomic mass is 9.81. The van der Waals surface area contributed by atoms with Gasteiger partial charge < -0.3 is 20.5 Å². The van der Waals surface area contributed by atoms with Gasteiger partial charge in [0.15, 0.2) is 0 Å². The van der Waals surface area contributed by atoms with Crippen molar-refractivity contribution >= 4 is 5.91 Å². The Morgan fingerprint density at radius 1 is 1.16 bits per heavy atom. The Morgan fingerprint density at radius 3 is 2.84 bits per heavy atom. The van der Waals surface area contributed by atoms with Gasteiger partial charge in [0.1, 0.15) is 11.5 Å². The summed E-state index contributed by atoms with van der Waals surface area (Å²) in [4.78, 5) is 11.8. The summed E-state index contributed by atoms with van der Waals surface area (Å²) < 4.78 is 6.03. The number of nitrogens with one attached hydrogen (secondary N) is 2. The summed E-state index contributed by atoms with van der Waals surface area (Å²) in [6, 6.07) is 13.2. The van der Waals surface area contributed by atoms with E-state index in [0.717, 1.165) is 30.8 Å². The third-order valence-corrected chi connectivity index (χ3v) is 5.16. The molecule has 0 aliphatic carbocycles. The highest BCUT2D eigenvalue weighted by Gasteiger charge is 2.27. The monoisotopic (exact) mass is 338 g/mol. The van der Waals surface area contributed by atoms with E-state index in [9.17, 15) is 9.90 Å². The van der Waals surface area contributed by atoms with E-state index in [1.54, 1.807) is 12.1 Å². The number of carbonyl (C=O) groups is 1. The van der Waals surface area contributed by atoms with Gasteiger partial charge in [-0.1, -0.05) is 18.2 Å². The molecule has 0 spiro atoms. The molecule has 25 heavy (non-hydrogen) atoms. The molecule has 1 saturated heterocycles. The van der Waals surface area contributed by atoms with E-state index in [1.807, 2.05) is 30.3 Å². The maximum Gasteiger partial charge on any atom is 0.252 e. The van der Waals surface area contributed by atoms with E-state index in [2.05, 4.69) is 10.6 Å². The molecule has 1 fully saturated rings. The average Bonchev–Trinajstić information content (AvgIpc) is 3.02. The smallest absolute Gasteiger partial charge is 0.252 e. The van der Waals surface area contributed by atoms with Gasteiger partial charge in [0, 0.05) is 24.6 Å². The second-order valence-electron chi connectivity index (χ2n) is 6.76. The largest absolute Gasteiger partial charge is 0.508 e. The number of benzene rings is 2. The Labute approximate surface area is 147 Å². The molecule has 0 aromatic heterocycles. The zero-order valence-corrected chi connectivity index (χ0v) is 14.0. The molecule has 4 rings (SSSR count). The minimum atomic E-state index is -0.0262. The van der Waals surface area contributed by atoms with Crippen molar-refractivity contribution in [3.8, 4) is 11.5 Å². The van der Waals surface area contributed by atoms with Crippen LogP contribution in [0.2, 0.25) is 0 Å². The summed E-state index contributed by atoms with van der Waals surface area (Å²) >= 11 is 0. The highest BCUT2D eigenvalue weighted by Crippen LogP contribution is 2.32. The Balaban J connectivity index is 1.46. The molecule has 5 nitrogen and oxygen atoms in total. The van der Waals surface area contributed by atoms with Crippen molar-refractivity contribution in [2.45, 2.75) is 18.9 Å². The molecule has 2 aliphatic heterocycles. The lowest BCUT2D eigenvalue weighted by Gasteiger charge is -2.32. The number of phenols is 1. The van der Waals surface area contributed by atoms with Gasteiger partial charge in [0.05, 0.1) is 6.61 Å². The zero-order valence-electron chi connectivity index (χ0n) is 14.0. The van der Waals surface area contributed by atoms with Crippen molar-refractivity contribution in [1.29, 1.82) is 0 Å². The SMILES string of the molecule is O=C1NCc2ccc(OC[C@@H]3CNCC[C@H]3c3ccc(O)cc3)cc21. The molecule has 2 aromatic rings. The molecule has 1 amide bonds. The van der Waals surface area contributed by atoms with Gasteiger partial charge in [-0.3, -0.25) is 4.79 Å². The lowest BCUT2D eigenvalue weighted by molar-refractivity contribution is 0.0965. The number of ether oxygens (including phenoxy) is 1. The first kappa shape index (κ1) is 16.0. The fraction of sp³-hybridized carbons (Fsp3) is 0.350. The van der Waals surface area contributed by atoms with Gasteiger partial charge in [0.25, 0.3) is 5.91 Å². The summed E-state index contributed by atoms with van der Waals surface area (Å²) in [6.45, 7) is 3.08. The second-order valence-corrected chi connectivity index (χ2v) is 6.76. The van der Waals surface area contributed by atoms with E-state index in [1.165, 1.54) is 5.56 Å². The maximum absolute atomic E-state index is 11.8. The molecular formula is C20H22N2O3. The number of rotatable bonds is 4. The molecule has 0 bridgehead atoms. The standard InChI is InChI=1S/C20H22N2O3/c23-16-4-1-13(2-5-16)18-7-8-21-10-15(18)12-25-17-6-3-14-11-22-20(24)19(14)9-17/h1-6,9,15,18,21,23H,7-8,10-12H2,(H,22,24)/t15-,18-/m0/s1. The third kappa shape index (κ3) is 3.33. The van der Waals surface area contributed by atoms with Crippen LogP contribution in [0.15, 0.2) is 42.5 Å². The van der Waals surface area contributed by atoms with Crippen LogP contribution in [0.25, 0.3) is 0 Å². The van der Waals surface area contributed by atoms with Gasteiger partial charge >= 0.3 is 0 Å². The second kappa shape index (κ2) is 6.76. The molecule has 2 atom stereocenters. The van der Waals surface area contributed by atoms with Gasteiger partial charge in [-0.15, -0.1) is 0 Å². The van der Waals surface area contributed by atoms with Crippen molar-refractivity contribution in [3.05, 3.63) is 59.2 Å². The number of hydrogen-bond acceptors (Lipinski definition) is 4. The Morgan fingerprint density at radius 2 is 2.00 bits per heavy atom. The number of piperidine rings is 1. The number of phenolic OH excluding ortho intramolecular Hbond substituents is 1. The van der Waals surface area contributed by atoms with Crippen LogP contribution in [-0.2, 0) is 6.54 Å². The van der Waals surface area contributed by atoms with Crippen LogP contribution in [0.5, 0.6) is 11.5 Å². The van der Waals surface area contributed by atoms with Gasteiger partial charge in [-0.25, -0.2) is 0 Å². The maximum atomic E-state index is 11.8. The lowest BCUT2D eigenvalue weighted by Crippen LogP contribution is -2.38. The first-order chi connectivity index (χ1) is 12.2. The molecule has 0 radical (unpaired) electrons. The number of fused-ring (bicyclic) bond motifs is 1. The van der Waals surface area contributed by atoms with E-state index < -0.39 is 0 Å². The molecule has 0 unspecified atom stereocenters. The zero-order chi connectivity index (χ0) is 17.2. The predicted octanol–water partition coefficient (Wildman–Crippen LogP) is 2.41. The molecule has 2 heterocycles. The summed E-state index contributed by atoms with van der Waals surface area (Å²) in [6.07, 6.45) is 1.05. The molecular weight excluding hydrogens is 316 g/mol. The van der Waals surface area contributed by atoms with Crippen LogP contribution in [0.1, 0.15) is 33.8 Å². The van der Waals surface area contributed by atoms with Gasteiger partial charge in [0.2, 0.25) is 0 Å².